The second-order valence-electron chi connectivity index (χ2n) is 8.65. The highest BCUT2D eigenvalue weighted by molar-refractivity contribution is 5.76. The monoisotopic (exact) mass is 426 g/mol. The summed E-state index contributed by atoms with van der Waals surface area (Å²) in [6.45, 7) is 7.14. The number of amides is 1. The molecule has 2 fully saturated rings. The third-order valence-corrected chi connectivity index (χ3v) is 6.45. The first-order valence-electron chi connectivity index (χ1n) is 11.6. The molecule has 1 aliphatic heterocycles. The molecule has 0 aromatic carbocycles. The average molecular weight is 427 g/mol. The van der Waals surface area contributed by atoms with Crippen molar-refractivity contribution in [3.05, 3.63) is 29.3 Å². The molecule has 2 aliphatic rings. The highest BCUT2D eigenvalue weighted by Gasteiger charge is 2.19. The number of rotatable bonds is 6. The summed E-state index contributed by atoms with van der Waals surface area (Å²) in [6.07, 6.45) is 10.0. The average Bonchev–Trinajstić information content (AvgIpc) is 2.94. The van der Waals surface area contributed by atoms with Gasteiger partial charge >= 0.3 is 0 Å². The molecule has 3 heterocycles. The van der Waals surface area contributed by atoms with Crippen LogP contribution in [0.3, 0.4) is 0 Å². The Labute approximate surface area is 184 Å². The van der Waals surface area contributed by atoms with Gasteiger partial charge in [-0.3, -0.25) is 4.79 Å². The molecule has 1 aliphatic carbocycles. The van der Waals surface area contributed by atoms with Crippen LogP contribution < -0.4 is 10.2 Å². The Balaban J connectivity index is 1.42. The Hall–Kier alpha value is -2.48. The molecule has 0 atom stereocenters. The fourth-order valence-electron chi connectivity index (χ4n) is 4.64. The van der Waals surface area contributed by atoms with Crippen molar-refractivity contribution < 1.29 is 9.53 Å². The summed E-state index contributed by atoms with van der Waals surface area (Å²) >= 11 is 0. The van der Waals surface area contributed by atoms with Gasteiger partial charge < -0.3 is 15.0 Å². The van der Waals surface area contributed by atoms with Crippen molar-refractivity contribution in [1.82, 2.24) is 25.1 Å². The summed E-state index contributed by atoms with van der Waals surface area (Å²) in [5.74, 6) is 1.80. The van der Waals surface area contributed by atoms with E-state index < -0.39 is 0 Å². The van der Waals surface area contributed by atoms with E-state index >= 15 is 0 Å². The van der Waals surface area contributed by atoms with Gasteiger partial charge in [-0.25, -0.2) is 14.6 Å². The molecule has 4 rings (SSSR count). The van der Waals surface area contributed by atoms with E-state index in [0.29, 0.717) is 32.1 Å². The maximum absolute atomic E-state index is 12.5. The maximum atomic E-state index is 12.5. The van der Waals surface area contributed by atoms with Crippen LogP contribution in [0.25, 0.3) is 5.82 Å². The highest BCUT2D eigenvalue weighted by Crippen LogP contribution is 2.21. The van der Waals surface area contributed by atoms with E-state index in [0.717, 1.165) is 54.5 Å². The van der Waals surface area contributed by atoms with Gasteiger partial charge in [0.2, 0.25) is 5.91 Å². The fraction of sp³-hybridized carbons (Fsp3) is 0.652. The minimum atomic E-state index is 0.148. The van der Waals surface area contributed by atoms with Gasteiger partial charge in [0.05, 0.1) is 18.9 Å². The molecule has 1 saturated carbocycles. The molecule has 168 valence electrons. The van der Waals surface area contributed by atoms with Gasteiger partial charge in [-0.2, -0.15) is 5.10 Å². The molecule has 8 nitrogen and oxygen atoms in total. The molecule has 0 spiro atoms. The number of hydrogen-bond donors (Lipinski definition) is 1. The number of anilines is 1. The van der Waals surface area contributed by atoms with Crippen LogP contribution in [0.2, 0.25) is 0 Å². The highest BCUT2D eigenvalue weighted by atomic mass is 16.5. The lowest BCUT2D eigenvalue weighted by molar-refractivity contribution is -0.121. The van der Waals surface area contributed by atoms with Crippen molar-refractivity contribution >= 4 is 11.7 Å². The second kappa shape index (κ2) is 10.2. The topological polar surface area (TPSA) is 85.2 Å². The molecule has 2 aromatic rings. The van der Waals surface area contributed by atoms with Gasteiger partial charge in [-0.05, 0) is 38.7 Å². The van der Waals surface area contributed by atoms with Crippen LogP contribution in [-0.4, -0.2) is 58.0 Å². The van der Waals surface area contributed by atoms with Crippen LogP contribution in [0, 0.1) is 13.8 Å². The smallest absolute Gasteiger partial charge is 0.220 e. The number of nitrogens with zero attached hydrogens (tertiary/aromatic N) is 5. The van der Waals surface area contributed by atoms with E-state index in [1.807, 2.05) is 17.7 Å². The Morgan fingerprint density at radius 1 is 1.10 bits per heavy atom. The minimum Gasteiger partial charge on any atom is -0.378 e. The van der Waals surface area contributed by atoms with Gasteiger partial charge in [-0.15, -0.1) is 0 Å². The lowest BCUT2D eigenvalue weighted by Gasteiger charge is -2.27. The molecule has 0 unspecified atom stereocenters. The number of ether oxygens (including phenoxy) is 1. The summed E-state index contributed by atoms with van der Waals surface area (Å²) < 4.78 is 7.31. The van der Waals surface area contributed by atoms with Crippen LogP contribution in [-0.2, 0) is 16.0 Å². The van der Waals surface area contributed by atoms with Crippen LogP contribution >= 0.6 is 0 Å². The van der Waals surface area contributed by atoms with Crippen LogP contribution in [0.15, 0.2) is 12.4 Å². The molecule has 0 radical (unpaired) electrons. The number of morpholine rings is 1. The van der Waals surface area contributed by atoms with Crippen LogP contribution in [0.4, 0.5) is 5.82 Å². The molecule has 1 saturated heterocycles. The summed E-state index contributed by atoms with van der Waals surface area (Å²) in [5.41, 5.74) is 3.11. The first-order valence-corrected chi connectivity index (χ1v) is 11.6. The summed E-state index contributed by atoms with van der Waals surface area (Å²) in [4.78, 5) is 23.6. The van der Waals surface area contributed by atoms with E-state index in [1.54, 1.807) is 6.33 Å². The maximum Gasteiger partial charge on any atom is 0.220 e. The number of nitrogens with one attached hydrogen (secondary N) is 1. The van der Waals surface area contributed by atoms with Gasteiger partial charge in [0.15, 0.2) is 5.82 Å². The van der Waals surface area contributed by atoms with Crippen molar-refractivity contribution in [3.63, 3.8) is 0 Å². The van der Waals surface area contributed by atoms with E-state index in [9.17, 15) is 4.79 Å². The Kier molecular flexibility index (Phi) is 7.17. The number of carbonyl (C=O) groups excluding carboxylic acids is 1. The molecule has 31 heavy (non-hydrogen) atoms. The fourth-order valence-corrected chi connectivity index (χ4v) is 4.64. The van der Waals surface area contributed by atoms with Crippen molar-refractivity contribution in [2.45, 2.75) is 71.3 Å². The summed E-state index contributed by atoms with van der Waals surface area (Å²) in [7, 11) is 0. The lowest BCUT2D eigenvalue weighted by Crippen LogP contribution is -2.36. The number of aryl methyl sites for hydroxylation is 1. The van der Waals surface area contributed by atoms with E-state index in [1.165, 1.54) is 25.7 Å². The standard InChI is InChI=1S/C23H34N6O2/c1-17-20(9-10-23(30)26-19-7-5-3-4-6-8-19)18(2)29(27-17)22-15-21(24-16-25-22)28-11-13-31-14-12-28/h15-16,19H,3-14H2,1-2H3,(H,26,30). The predicted octanol–water partition coefficient (Wildman–Crippen LogP) is 2.89. The zero-order valence-electron chi connectivity index (χ0n) is 18.8. The lowest BCUT2D eigenvalue weighted by atomic mass is 10.1. The van der Waals surface area contributed by atoms with Gasteiger partial charge in [0.1, 0.15) is 12.1 Å². The molecule has 2 aromatic heterocycles. The van der Waals surface area contributed by atoms with E-state index in [-0.39, 0.29) is 5.91 Å². The van der Waals surface area contributed by atoms with E-state index in [4.69, 9.17) is 9.84 Å². The first-order chi connectivity index (χ1) is 15.1. The third-order valence-electron chi connectivity index (χ3n) is 6.45. The van der Waals surface area contributed by atoms with Crippen LogP contribution in [0.5, 0.6) is 0 Å². The number of carbonyl (C=O) groups is 1. The zero-order chi connectivity index (χ0) is 21.6. The minimum absolute atomic E-state index is 0.148. The summed E-state index contributed by atoms with van der Waals surface area (Å²) in [6, 6.07) is 2.33. The van der Waals surface area contributed by atoms with Crippen molar-refractivity contribution in [2.75, 3.05) is 31.2 Å². The zero-order valence-corrected chi connectivity index (χ0v) is 18.8. The molecule has 1 N–H and O–H groups in total. The van der Waals surface area contributed by atoms with Crippen molar-refractivity contribution in [3.8, 4) is 5.82 Å². The van der Waals surface area contributed by atoms with Gasteiger partial charge in [0.25, 0.3) is 0 Å². The molecule has 8 heteroatoms. The third kappa shape index (κ3) is 5.42. The Bertz CT molecular complexity index is 882. The largest absolute Gasteiger partial charge is 0.378 e. The second-order valence-corrected chi connectivity index (χ2v) is 8.65. The number of hydrogen-bond acceptors (Lipinski definition) is 6. The number of aromatic nitrogens is 4. The predicted molar refractivity (Wildman–Crippen MR) is 120 cm³/mol. The van der Waals surface area contributed by atoms with Crippen molar-refractivity contribution in [2.24, 2.45) is 0 Å². The molecular formula is C23H34N6O2. The molecule has 1 amide bonds. The quantitative estimate of drug-likeness (QED) is 0.715. The van der Waals surface area contributed by atoms with Crippen molar-refractivity contribution in [1.29, 1.82) is 0 Å². The van der Waals surface area contributed by atoms with E-state index in [2.05, 4.69) is 27.1 Å². The van der Waals surface area contributed by atoms with Crippen LogP contribution in [0.1, 0.15) is 61.9 Å². The summed E-state index contributed by atoms with van der Waals surface area (Å²) in [5, 5.41) is 7.97. The van der Waals surface area contributed by atoms with Gasteiger partial charge in [-0.1, -0.05) is 25.7 Å². The Morgan fingerprint density at radius 3 is 2.55 bits per heavy atom. The Morgan fingerprint density at radius 2 is 1.81 bits per heavy atom. The van der Waals surface area contributed by atoms with Gasteiger partial charge in [0, 0.05) is 37.3 Å². The SMILES string of the molecule is Cc1nn(-c2cc(N3CCOCC3)ncn2)c(C)c1CCC(=O)NC1CCCCCC1. The molecular weight excluding hydrogens is 392 g/mol. The first kappa shape index (κ1) is 21.7. The normalized spacial score (nSPS) is 18.1. The molecule has 0 bridgehead atoms.